The van der Waals surface area contributed by atoms with Crippen molar-refractivity contribution in [3.63, 3.8) is 0 Å². The zero-order chi connectivity index (χ0) is 21.8. The number of hydrogen-bond acceptors (Lipinski definition) is 7. The van der Waals surface area contributed by atoms with E-state index in [2.05, 4.69) is 22.2 Å². The standard InChI is InChI=1S/C22H25N5O4/c1-13(2)31-18-14(17(28)24-15-6-5-7-23-19(15)29-4)8-27-9-16(25-20(27)26-18)22-10-21(3,11-22)30-12-22/h5-9,13H,10-12H2,1-4H3,(H,24,28). The molecule has 9 nitrogen and oxygen atoms in total. The van der Waals surface area contributed by atoms with E-state index in [0.29, 0.717) is 29.5 Å². The average Bonchev–Trinajstić information content (AvgIpc) is 3.37. The molecule has 0 atom stereocenters. The lowest BCUT2D eigenvalue weighted by molar-refractivity contribution is 0.0154. The second kappa shape index (κ2) is 6.91. The normalized spacial score (nSPS) is 24.3. The summed E-state index contributed by atoms with van der Waals surface area (Å²) in [5.74, 6) is 0.689. The summed E-state index contributed by atoms with van der Waals surface area (Å²) >= 11 is 0. The number of fused-ring (bicyclic) bond motifs is 2. The maximum Gasteiger partial charge on any atom is 0.262 e. The van der Waals surface area contributed by atoms with Gasteiger partial charge in [-0.05, 0) is 45.7 Å². The van der Waals surface area contributed by atoms with E-state index in [1.807, 2.05) is 20.0 Å². The SMILES string of the molecule is COc1ncccc1NC(=O)c1cn2cc(C34COC(C)(C3)C4)nc2nc1OC(C)C. The fourth-order valence-corrected chi connectivity index (χ4v) is 4.62. The molecule has 3 fully saturated rings. The third-order valence-electron chi connectivity index (χ3n) is 5.88. The van der Waals surface area contributed by atoms with Gasteiger partial charge in [0, 0.05) is 24.0 Å². The summed E-state index contributed by atoms with van der Waals surface area (Å²) in [6.45, 7) is 6.57. The van der Waals surface area contributed by atoms with Crippen molar-refractivity contribution in [3.05, 3.63) is 42.0 Å². The Morgan fingerprint density at radius 3 is 2.74 bits per heavy atom. The fourth-order valence-electron chi connectivity index (χ4n) is 4.62. The van der Waals surface area contributed by atoms with Crippen molar-refractivity contribution in [2.75, 3.05) is 19.0 Å². The van der Waals surface area contributed by atoms with Gasteiger partial charge >= 0.3 is 0 Å². The van der Waals surface area contributed by atoms with E-state index in [-0.39, 0.29) is 28.9 Å². The number of ether oxygens (including phenoxy) is 3. The summed E-state index contributed by atoms with van der Waals surface area (Å²) in [6, 6.07) is 3.45. The fraction of sp³-hybridized carbons (Fsp3) is 0.455. The van der Waals surface area contributed by atoms with Gasteiger partial charge in [0.25, 0.3) is 5.91 Å². The van der Waals surface area contributed by atoms with Crippen molar-refractivity contribution in [1.29, 1.82) is 0 Å². The number of pyridine rings is 1. The minimum absolute atomic E-state index is 0.0387. The maximum atomic E-state index is 13.1. The summed E-state index contributed by atoms with van der Waals surface area (Å²) in [7, 11) is 1.50. The summed E-state index contributed by atoms with van der Waals surface area (Å²) in [4.78, 5) is 26.6. The number of nitrogens with zero attached hydrogens (tertiary/aromatic N) is 4. The van der Waals surface area contributed by atoms with Crippen LogP contribution in [-0.4, -0.2) is 50.7 Å². The number of anilines is 1. The van der Waals surface area contributed by atoms with Crippen molar-refractivity contribution in [1.82, 2.24) is 19.4 Å². The molecule has 0 aromatic carbocycles. The number of nitrogens with one attached hydrogen (secondary N) is 1. The second-order valence-corrected chi connectivity index (χ2v) is 8.85. The molecule has 1 amide bonds. The maximum absolute atomic E-state index is 13.1. The molecule has 3 aromatic heterocycles. The molecule has 3 aromatic rings. The van der Waals surface area contributed by atoms with Crippen molar-refractivity contribution >= 4 is 17.4 Å². The zero-order valence-electron chi connectivity index (χ0n) is 18.0. The monoisotopic (exact) mass is 423 g/mol. The first-order valence-corrected chi connectivity index (χ1v) is 10.3. The summed E-state index contributed by atoms with van der Waals surface area (Å²) < 4.78 is 18.8. The number of hydrogen-bond donors (Lipinski definition) is 1. The van der Waals surface area contributed by atoms with Crippen LogP contribution in [0.15, 0.2) is 30.7 Å². The van der Waals surface area contributed by atoms with Crippen molar-refractivity contribution in [3.8, 4) is 11.8 Å². The predicted molar refractivity (Wildman–Crippen MR) is 113 cm³/mol. The number of aromatic nitrogens is 4. The molecule has 1 saturated carbocycles. The first kappa shape index (κ1) is 19.7. The van der Waals surface area contributed by atoms with Crippen LogP contribution in [0.2, 0.25) is 0 Å². The van der Waals surface area contributed by atoms with Crippen LogP contribution in [0.5, 0.6) is 11.8 Å². The van der Waals surface area contributed by atoms with Gasteiger partial charge < -0.3 is 19.5 Å². The van der Waals surface area contributed by atoms with E-state index in [1.165, 1.54) is 7.11 Å². The highest BCUT2D eigenvalue weighted by Gasteiger charge is 2.61. The molecule has 31 heavy (non-hydrogen) atoms. The summed E-state index contributed by atoms with van der Waals surface area (Å²) in [5.41, 5.74) is 1.61. The van der Waals surface area contributed by atoms with Crippen LogP contribution in [0.25, 0.3) is 5.78 Å². The van der Waals surface area contributed by atoms with E-state index in [9.17, 15) is 4.79 Å². The highest BCUT2D eigenvalue weighted by atomic mass is 16.5. The van der Waals surface area contributed by atoms with Crippen LogP contribution in [-0.2, 0) is 10.2 Å². The molecule has 6 rings (SSSR count). The van der Waals surface area contributed by atoms with Gasteiger partial charge in [-0.3, -0.25) is 9.20 Å². The Kier molecular flexibility index (Phi) is 4.40. The molecule has 1 N–H and O–H groups in total. The van der Waals surface area contributed by atoms with E-state index in [1.54, 1.807) is 28.9 Å². The van der Waals surface area contributed by atoms with E-state index in [4.69, 9.17) is 19.2 Å². The molecule has 0 spiro atoms. The number of rotatable bonds is 6. The highest BCUT2D eigenvalue weighted by molar-refractivity contribution is 6.06. The summed E-state index contributed by atoms with van der Waals surface area (Å²) in [6.07, 6.45) is 7.00. The first-order valence-electron chi connectivity index (χ1n) is 10.3. The van der Waals surface area contributed by atoms with Crippen LogP contribution < -0.4 is 14.8 Å². The lowest BCUT2D eigenvalue weighted by Gasteiger charge is -2.41. The lowest BCUT2D eigenvalue weighted by Crippen LogP contribution is -2.45. The van der Waals surface area contributed by atoms with Crippen molar-refractivity contribution in [2.24, 2.45) is 0 Å². The van der Waals surface area contributed by atoms with Crippen molar-refractivity contribution in [2.45, 2.75) is 50.7 Å². The molecule has 9 heteroatoms. The van der Waals surface area contributed by atoms with Gasteiger partial charge in [-0.1, -0.05) is 0 Å². The van der Waals surface area contributed by atoms with E-state index < -0.39 is 0 Å². The van der Waals surface area contributed by atoms with E-state index >= 15 is 0 Å². The van der Waals surface area contributed by atoms with Gasteiger partial charge in [-0.2, -0.15) is 4.98 Å². The minimum atomic E-state index is -0.370. The Labute approximate surface area is 179 Å². The topological polar surface area (TPSA) is 99.9 Å². The van der Waals surface area contributed by atoms with Crippen LogP contribution in [0, 0.1) is 0 Å². The molecule has 2 aliphatic heterocycles. The Bertz CT molecular complexity index is 1170. The highest BCUT2D eigenvalue weighted by Crippen LogP contribution is 2.58. The van der Waals surface area contributed by atoms with Crippen molar-refractivity contribution < 1.29 is 19.0 Å². The molecule has 2 bridgehead atoms. The second-order valence-electron chi connectivity index (χ2n) is 8.85. The molecular weight excluding hydrogens is 398 g/mol. The minimum Gasteiger partial charge on any atom is -0.480 e. The van der Waals surface area contributed by atoms with Crippen LogP contribution in [0.4, 0.5) is 5.69 Å². The van der Waals surface area contributed by atoms with Gasteiger partial charge in [0.15, 0.2) is 0 Å². The Morgan fingerprint density at radius 2 is 2.06 bits per heavy atom. The number of amides is 1. The van der Waals surface area contributed by atoms with Gasteiger partial charge in [-0.15, -0.1) is 0 Å². The largest absolute Gasteiger partial charge is 0.480 e. The number of methoxy groups -OCH3 is 1. The molecule has 2 saturated heterocycles. The quantitative estimate of drug-likeness (QED) is 0.650. The molecule has 0 unspecified atom stereocenters. The van der Waals surface area contributed by atoms with Gasteiger partial charge in [0.05, 0.1) is 31.1 Å². The third-order valence-corrected chi connectivity index (χ3v) is 5.88. The van der Waals surface area contributed by atoms with Crippen LogP contribution in [0.3, 0.4) is 0 Å². The average molecular weight is 423 g/mol. The molecule has 5 heterocycles. The number of carbonyl (C=O) groups excluding carboxylic acids is 1. The molecule has 3 aliphatic rings. The Morgan fingerprint density at radius 1 is 1.26 bits per heavy atom. The lowest BCUT2D eigenvalue weighted by atomic mass is 9.62. The number of imidazole rings is 1. The first-order chi connectivity index (χ1) is 14.8. The van der Waals surface area contributed by atoms with Crippen LogP contribution in [0.1, 0.15) is 49.7 Å². The molecular formula is C22H25N5O4. The summed E-state index contributed by atoms with van der Waals surface area (Å²) in [5, 5.41) is 2.84. The van der Waals surface area contributed by atoms with Crippen LogP contribution >= 0.6 is 0 Å². The predicted octanol–water partition coefficient (Wildman–Crippen LogP) is 2.99. The Hall–Kier alpha value is -3.20. The zero-order valence-corrected chi connectivity index (χ0v) is 18.0. The third kappa shape index (κ3) is 3.29. The molecule has 162 valence electrons. The van der Waals surface area contributed by atoms with Gasteiger partial charge in [-0.25, -0.2) is 9.97 Å². The van der Waals surface area contributed by atoms with E-state index in [0.717, 1.165) is 18.5 Å². The Balaban J connectivity index is 1.52. The van der Waals surface area contributed by atoms with Gasteiger partial charge in [0.1, 0.15) is 11.3 Å². The molecule has 0 radical (unpaired) electrons. The number of carbonyl (C=O) groups is 1. The van der Waals surface area contributed by atoms with Gasteiger partial charge in [0.2, 0.25) is 17.5 Å². The smallest absolute Gasteiger partial charge is 0.262 e. The molecule has 1 aliphatic carbocycles.